The SMILES string of the molecule is O=C1[C@@H]2[C@H]3C=C[C@@H]([C@@H]4C[C@@H]34)[C@H]2C(=O)N1CN(C(=O)C(F)(F)F)c1ccc(F)cc1. The lowest BCUT2D eigenvalue weighted by atomic mass is 9.63. The van der Waals surface area contributed by atoms with E-state index in [1.54, 1.807) is 0 Å². The molecule has 0 unspecified atom stereocenters. The second kappa shape index (κ2) is 5.90. The molecule has 0 spiro atoms. The Morgan fingerprint density at radius 3 is 2.00 bits per heavy atom. The van der Waals surface area contributed by atoms with Crippen molar-refractivity contribution in [2.75, 3.05) is 11.6 Å². The zero-order valence-corrected chi connectivity index (χ0v) is 15.0. The number of carbonyl (C=O) groups is 3. The molecular formula is C20H16F4N2O3. The van der Waals surface area contributed by atoms with Crippen LogP contribution in [0.2, 0.25) is 0 Å². The highest BCUT2D eigenvalue weighted by Crippen LogP contribution is 2.65. The van der Waals surface area contributed by atoms with Gasteiger partial charge in [-0.2, -0.15) is 13.2 Å². The van der Waals surface area contributed by atoms with Crippen LogP contribution in [0, 0.1) is 41.3 Å². The molecule has 1 aliphatic heterocycles. The highest BCUT2D eigenvalue weighted by molar-refractivity contribution is 6.07. The summed E-state index contributed by atoms with van der Waals surface area (Å²) in [5.74, 6) is -4.56. The van der Waals surface area contributed by atoms with E-state index in [4.69, 9.17) is 0 Å². The number of nitrogens with zero attached hydrogens (tertiary/aromatic N) is 2. The van der Waals surface area contributed by atoms with E-state index < -0.39 is 48.2 Å². The lowest BCUT2D eigenvalue weighted by Gasteiger charge is -2.37. The van der Waals surface area contributed by atoms with Crippen LogP contribution in [-0.4, -0.2) is 35.5 Å². The molecule has 1 heterocycles. The van der Waals surface area contributed by atoms with Crippen LogP contribution in [0.5, 0.6) is 0 Å². The number of allylic oxidation sites excluding steroid dienone is 2. The fourth-order valence-electron chi connectivity index (χ4n) is 5.34. The van der Waals surface area contributed by atoms with E-state index in [2.05, 4.69) is 0 Å². The van der Waals surface area contributed by atoms with Crippen LogP contribution in [0.4, 0.5) is 23.2 Å². The third kappa shape index (κ3) is 2.63. The van der Waals surface area contributed by atoms with Crippen LogP contribution in [-0.2, 0) is 14.4 Å². The van der Waals surface area contributed by atoms with Crippen LogP contribution in [0.3, 0.4) is 0 Å². The fourth-order valence-corrected chi connectivity index (χ4v) is 5.34. The monoisotopic (exact) mass is 408 g/mol. The molecule has 0 aromatic heterocycles. The summed E-state index contributed by atoms with van der Waals surface area (Å²) >= 11 is 0. The van der Waals surface area contributed by atoms with Crippen LogP contribution in [0.15, 0.2) is 36.4 Å². The van der Waals surface area contributed by atoms with Gasteiger partial charge in [0.1, 0.15) is 12.5 Å². The quantitative estimate of drug-likeness (QED) is 0.439. The minimum atomic E-state index is -5.21. The van der Waals surface area contributed by atoms with Gasteiger partial charge in [-0.15, -0.1) is 0 Å². The standard InChI is InChI=1S/C20H16F4N2O3/c21-9-1-3-10(4-2-9)25(19(29)20(22,23)24)8-26-17(27)15-11-5-6-12(14-7-13(11)14)16(15)18(26)28/h1-6,11-16H,7-8H2/t11-,12-,13-,14-,15+,16+/m0/s1. The van der Waals surface area contributed by atoms with Crippen LogP contribution < -0.4 is 4.90 Å². The van der Waals surface area contributed by atoms with Crippen molar-refractivity contribution in [2.24, 2.45) is 35.5 Å². The second-order valence-electron chi connectivity index (χ2n) is 8.11. The van der Waals surface area contributed by atoms with Crippen molar-refractivity contribution in [2.45, 2.75) is 12.6 Å². The maximum absolute atomic E-state index is 13.2. The van der Waals surface area contributed by atoms with Gasteiger partial charge in [0.25, 0.3) is 0 Å². The largest absolute Gasteiger partial charge is 0.471 e. The molecule has 2 saturated carbocycles. The number of hydrogen-bond acceptors (Lipinski definition) is 3. The minimum Gasteiger partial charge on any atom is -0.286 e. The number of carbonyl (C=O) groups excluding carboxylic acids is 3. The van der Waals surface area contributed by atoms with E-state index in [0.29, 0.717) is 16.7 Å². The van der Waals surface area contributed by atoms with Gasteiger partial charge in [-0.25, -0.2) is 4.39 Å². The molecule has 3 amide bonds. The molecule has 6 rings (SSSR count). The second-order valence-corrected chi connectivity index (χ2v) is 8.11. The van der Waals surface area contributed by atoms with E-state index in [-0.39, 0.29) is 17.5 Å². The Labute approximate surface area is 162 Å². The molecule has 5 nitrogen and oxygen atoms in total. The van der Waals surface area contributed by atoms with E-state index in [0.717, 1.165) is 35.6 Å². The van der Waals surface area contributed by atoms with E-state index in [1.165, 1.54) is 0 Å². The lowest BCUT2D eigenvalue weighted by molar-refractivity contribution is -0.171. The average molecular weight is 408 g/mol. The smallest absolute Gasteiger partial charge is 0.286 e. The van der Waals surface area contributed by atoms with Crippen LogP contribution in [0.25, 0.3) is 0 Å². The van der Waals surface area contributed by atoms with E-state index in [9.17, 15) is 31.9 Å². The number of imide groups is 1. The van der Waals surface area contributed by atoms with Gasteiger partial charge in [0.05, 0.1) is 11.8 Å². The van der Waals surface area contributed by atoms with Crippen LogP contribution in [0.1, 0.15) is 6.42 Å². The minimum absolute atomic E-state index is 0.0750. The Kier molecular flexibility index (Phi) is 3.73. The van der Waals surface area contributed by atoms with E-state index in [1.807, 2.05) is 12.2 Å². The number of amides is 3. The first kappa shape index (κ1) is 18.3. The zero-order chi connectivity index (χ0) is 20.7. The summed E-state index contributed by atoms with van der Waals surface area (Å²) in [6, 6.07) is 3.85. The summed E-state index contributed by atoms with van der Waals surface area (Å²) in [6.45, 7) is -0.844. The first-order valence-corrected chi connectivity index (χ1v) is 9.36. The van der Waals surface area contributed by atoms with E-state index >= 15 is 0 Å². The summed E-state index contributed by atoms with van der Waals surface area (Å²) in [5.41, 5.74) is -0.242. The number of likely N-dealkylation sites (tertiary alicyclic amines) is 1. The van der Waals surface area contributed by atoms with Gasteiger partial charge in [0.15, 0.2) is 0 Å². The molecule has 3 fully saturated rings. The molecule has 152 valence electrons. The molecule has 29 heavy (non-hydrogen) atoms. The molecule has 6 atom stereocenters. The highest BCUT2D eigenvalue weighted by atomic mass is 19.4. The first-order valence-electron chi connectivity index (χ1n) is 9.36. The van der Waals surface area contributed by atoms with Gasteiger partial charge in [-0.3, -0.25) is 24.2 Å². The molecule has 1 saturated heterocycles. The van der Waals surface area contributed by atoms with Crippen molar-refractivity contribution < 1.29 is 31.9 Å². The van der Waals surface area contributed by atoms with Crippen LogP contribution >= 0.6 is 0 Å². The summed E-state index contributed by atoms with van der Waals surface area (Å²) in [6.07, 6.45) is -0.347. The number of benzene rings is 1. The third-order valence-corrected chi connectivity index (χ3v) is 6.66. The highest BCUT2D eigenvalue weighted by Gasteiger charge is 2.67. The first-order chi connectivity index (χ1) is 13.7. The maximum atomic E-state index is 13.2. The predicted octanol–water partition coefficient (Wildman–Crippen LogP) is 2.73. The van der Waals surface area contributed by atoms with Crippen molar-refractivity contribution in [3.8, 4) is 0 Å². The van der Waals surface area contributed by atoms with Crippen molar-refractivity contribution in [3.63, 3.8) is 0 Å². The van der Waals surface area contributed by atoms with Gasteiger partial charge < -0.3 is 0 Å². The summed E-state index contributed by atoms with van der Waals surface area (Å²) in [5, 5.41) is 0. The molecule has 2 bridgehead atoms. The van der Waals surface area contributed by atoms with Gasteiger partial charge in [-0.1, -0.05) is 12.2 Å². The Hall–Kier alpha value is -2.71. The normalized spacial score (nSPS) is 34.3. The number of halogens is 4. The van der Waals surface area contributed by atoms with Crippen molar-refractivity contribution in [1.29, 1.82) is 0 Å². The van der Waals surface area contributed by atoms with Gasteiger partial charge in [-0.05, 0) is 54.4 Å². The molecule has 9 heteroatoms. The average Bonchev–Trinajstić information content (AvgIpc) is 3.46. The molecule has 1 aromatic carbocycles. The maximum Gasteiger partial charge on any atom is 0.471 e. The third-order valence-electron chi connectivity index (χ3n) is 6.66. The molecule has 1 aromatic rings. The van der Waals surface area contributed by atoms with Crippen molar-refractivity contribution in [1.82, 2.24) is 4.90 Å². The lowest BCUT2D eigenvalue weighted by Crippen LogP contribution is -2.49. The molecule has 4 aliphatic carbocycles. The Balaban J connectivity index is 1.46. The van der Waals surface area contributed by atoms with Crippen molar-refractivity contribution in [3.05, 3.63) is 42.2 Å². The fraction of sp³-hybridized carbons (Fsp3) is 0.450. The number of rotatable bonds is 3. The number of anilines is 1. The van der Waals surface area contributed by atoms with Gasteiger partial charge in [0, 0.05) is 5.69 Å². The summed E-state index contributed by atoms with van der Waals surface area (Å²) in [7, 11) is 0. The van der Waals surface area contributed by atoms with Gasteiger partial charge >= 0.3 is 12.1 Å². The van der Waals surface area contributed by atoms with Gasteiger partial charge in [0.2, 0.25) is 11.8 Å². The summed E-state index contributed by atoms with van der Waals surface area (Å²) in [4.78, 5) is 39.1. The number of alkyl halides is 3. The Bertz CT molecular complexity index is 906. The molecule has 5 aliphatic rings. The summed E-state index contributed by atoms with van der Waals surface area (Å²) < 4.78 is 52.7. The topological polar surface area (TPSA) is 57.7 Å². The number of hydrogen-bond donors (Lipinski definition) is 0. The zero-order valence-electron chi connectivity index (χ0n) is 15.0. The predicted molar refractivity (Wildman–Crippen MR) is 91.4 cm³/mol. The Morgan fingerprint density at radius 1 is 1.00 bits per heavy atom. The molecular weight excluding hydrogens is 392 g/mol. The molecule has 0 radical (unpaired) electrons. The van der Waals surface area contributed by atoms with Crippen molar-refractivity contribution >= 4 is 23.4 Å². The Morgan fingerprint density at radius 2 is 1.52 bits per heavy atom. The molecule has 0 N–H and O–H groups in total.